The van der Waals surface area contributed by atoms with Crippen LogP contribution in [0.1, 0.15) is 16.1 Å². The van der Waals surface area contributed by atoms with Crippen LogP contribution in [0.25, 0.3) is 10.1 Å². The second-order valence-electron chi connectivity index (χ2n) is 5.64. The van der Waals surface area contributed by atoms with E-state index in [9.17, 15) is 14.7 Å². The second-order valence-corrected chi connectivity index (χ2v) is 6.73. The lowest BCUT2D eigenvalue weighted by Crippen LogP contribution is -2.40. The lowest BCUT2D eigenvalue weighted by atomic mass is 9.88. The quantitative estimate of drug-likeness (QED) is 0.940. The van der Waals surface area contributed by atoms with Crippen molar-refractivity contribution in [3.63, 3.8) is 0 Å². The summed E-state index contributed by atoms with van der Waals surface area (Å²) in [4.78, 5) is 26.5. The Bertz CT molecular complexity index is 693. The number of methoxy groups -OCH3 is 1. The maximum Gasteiger partial charge on any atom is 0.313 e. The number of hydrogen-bond acceptors (Lipinski definition) is 4. The summed E-state index contributed by atoms with van der Waals surface area (Å²) in [6.07, 6.45) is 0.423. The third kappa shape index (κ3) is 2.48. The van der Waals surface area contributed by atoms with Crippen molar-refractivity contribution in [1.82, 2.24) is 4.90 Å². The van der Waals surface area contributed by atoms with Crippen LogP contribution in [0.2, 0.25) is 0 Å². The molecule has 3 rings (SSSR count). The van der Waals surface area contributed by atoms with E-state index >= 15 is 0 Å². The lowest BCUT2D eigenvalue weighted by Gasteiger charge is -2.23. The van der Waals surface area contributed by atoms with E-state index in [1.807, 2.05) is 30.3 Å². The summed E-state index contributed by atoms with van der Waals surface area (Å²) in [5.41, 5.74) is -0.985. The number of carboxylic acids is 1. The molecule has 1 aromatic heterocycles. The number of ether oxygens (including phenoxy) is 1. The molecule has 0 saturated carbocycles. The number of nitrogens with zero attached hydrogens (tertiary/aromatic N) is 1. The number of amides is 1. The van der Waals surface area contributed by atoms with Gasteiger partial charge in [0.2, 0.25) is 0 Å². The number of carbonyl (C=O) groups is 2. The Morgan fingerprint density at radius 3 is 2.86 bits per heavy atom. The van der Waals surface area contributed by atoms with Gasteiger partial charge in [0.25, 0.3) is 5.91 Å². The fourth-order valence-electron chi connectivity index (χ4n) is 2.92. The van der Waals surface area contributed by atoms with Crippen molar-refractivity contribution in [3.8, 4) is 0 Å². The Kier molecular flexibility index (Phi) is 3.88. The molecule has 116 valence electrons. The number of hydrogen-bond donors (Lipinski definition) is 1. The Hall–Kier alpha value is -1.92. The van der Waals surface area contributed by atoms with Gasteiger partial charge in [-0.05, 0) is 23.9 Å². The third-order valence-electron chi connectivity index (χ3n) is 4.15. The first-order chi connectivity index (χ1) is 10.6. The molecule has 2 aromatic rings. The molecule has 0 aliphatic carbocycles. The zero-order valence-corrected chi connectivity index (χ0v) is 13.1. The van der Waals surface area contributed by atoms with Crippen molar-refractivity contribution in [2.45, 2.75) is 6.42 Å². The van der Waals surface area contributed by atoms with Crippen molar-refractivity contribution in [3.05, 3.63) is 35.2 Å². The molecule has 0 spiro atoms. The number of aliphatic carboxylic acids is 1. The van der Waals surface area contributed by atoms with Gasteiger partial charge in [-0.15, -0.1) is 11.3 Å². The topological polar surface area (TPSA) is 66.8 Å². The number of likely N-dealkylation sites (tertiary alicyclic amines) is 1. The fraction of sp³-hybridized carbons (Fsp3) is 0.375. The predicted molar refractivity (Wildman–Crippen MR) is 84.3 cm³/mol. The molecular weight excluding hydrogens is 302 g/mol. The number of carbonyl (C=O) groups excluding carboxylic acids is 1. The van der Waals surface area contributed by atoms with Crippen LogP contribution < -0.4 is 0 Å². The molecule has 0 bridgehead atoms. The standard InChI is InChI=1S/C16H17NO4S/c1-21-10-16(15(19)20)6-7-17(9-16)14(18)13-8-11-4-2-3-5-12(11)22-13/h2-5,8H,6-7,9-10H2,1H3,(H,19,20). The minimum atomic E-state index is -0.985. The molecule has 1 fully saturated rings. The molecule has 6 heteroatoms. The summed E-state index contributed by atoms with van der Waals surface area (Å²) in [7, 11) is 1.49. The summed E-state index contributed by atoms with van der Waals surface area (Å²) >= 11 is 1.44. The molecule has 5 nitrogen and oxygen atoms in total. The largest absolute Gasteiger partial charge is 0.481 e. The number of carboxylic acid groups (broad SMARTS) is 1. The van der Waals surface area contributed by atoms with E-state index in [4.69, 9.17) is 4.74 Å². The van der Waals surface area contributed by atoms with Gasteiger partial charge in [0, 0.05) is 24.9 Å². The zero-order chi connectivity index (χ0) is 15.7. The van der Waals surface area contributed by atoms with Crippen molar-refractivity contribution in [2.24, 2.45) is 5.41 Å². The van der Waals surface area contributed by atoms with E-state index in [1.165, 1.54) is 18.4 Å². The van der Waals surface area contributed by atoms with Gasteiger partial charge >= 0.3 is 5.97 Å². The highest BCUT2D eigenvalue weighted by Gasteiger charge is 2.46. The summed E-state index contributed by atoms with van der Waals surface area (Å²) in [6, 6.07) is 9.70. The third-order valence-corrected chi connectivity index (χ3v) is 5.26. The van der Waals surface area contributed by atoms with Gasteiger partial charge in [0.15, 0.2) is 0 Å². The maximum atomic E-state index is 12.6. The van der Waals surface area contributed by atoms with Crippen molar-refractivity contribution >= 4 is 33.3 Å². The van der Waals surface area contributed by atoms with E-state index in [-0.39, 0.29) is 19.1 Å². The highest BCUT2D eigenvalue weighted by atomic mass is 32.1. The normalized spacial score (nSPS) is 21.4. The molecule has 1 atom stereocenters. The Morgan fingerprint density at radius 1 is 1.41 bits per heavy atom. The van der Waals surface area contributed by atoms with Gasteiger partial charge < -0.3 is 14.7 Å². The molecule has 2 heterocycles. The van der Waals surface area contributed by atoms with Crippen LogP contribution in [-0.2, 0) is 9.53 Å². The summed E-state index contributed by atoms with van der Waals surface area (Å²) in [5, 5.41) is 10.5. The molecule has 1 aromatic carbocycles. The van der Waals surface area contributed by atoms with Crippen molar-refractivity contribution in [1.29, 1.82) is 0 Å². The van der Waals surface area contributed by atoms with Crippen molar-refractivity contribution < 1.29 is 19.4 Å². The maximum absolute atomic E-state index is 12.6. The molecule has 0 radical (unpaired) electrons. The van der Waals surface area contributed by atoms with E-state index in [0.717, 1.165) is 10.1 Å². The van der Waals surface area contributed by atoms with Gasteiger partial charge in [0.05, 0.1) is 11.5 Å². The Balaban J connectivity index is 1.82. The highest BCUT2D eigenvalue weighted by Crippen LogP contribution is 2.34. The number of fused-ring (bicyclic) bond motifs is 1. The average Bonchev–Trinajstić information content (AvgIpc) is 3.11. The summed E-state index contributed by atoms with van der Waals surface area (Å²) < 4.78 is 6.12. The first-order valence-corrected chi connectivity index (χ1v) is 7.87. The average molecular weight is 319 g/mol. The SMILES string of the molecule is COCC1(C(=O)O)CCN(C(=O)c2cc3ccccc3s2)C1. The van der Waals surface area contributed by atoms with Gasteiger partial charge in [-0.25, -0.2) is 0 Å². The van der Waals surface area contributed by atoms with Crippen LogP contribution in [0.5, 0.6) is 0 Å². The Morgan fingerprint density at radius 2 is 2.18 bits per heavy atom. The molecule has 1 aliphatic rings. The van der Waals surface area contributed by atoms with Crippen LogP contribution in [0.3, 0.4) is 0 Å². The van der Waals surface area contributed by atoms with Gasteiger partial charge in [-0.2, -0.15) is 0 Å². The predicted octanol–water partition coefficient (Wildman–Crippen LogP) is 2.46. The smallest absolute Gasteiger partial charge is 0.313 e. The molecule has 1 unspecified atom stereocenters. The van der Waals surface area contributed by atoms with Gasteiger partial charge in [-0.1, -0.05) is 18.2 Å². The monoisotopic (exact) mass is 319 g/mol. The molecule has 1 aliphatic heterocycles. The van der Waals surface area contributed by atoms with Crippen LogP contribution in [-0.4, -0.2) is 48.7 Å². The summed E-state index contributed by atoms with van der Waals surface area (Å²) in [6.45, 7) is 0.768. The zero-order valence-electron chi connectivity index (χ0n) is 12.2. The van der Waals surface area contributed by atoms with E-state index in [2.05, 4.69) is 0 Å². The second kappa shape index (κ2) is 5.70. The van der Waals surface area contributed by atoms with Gasteiger partial charge in [-0.3, -0.25) is 9.59 Å². The summed E-state index contributed by atoms with van der Waals surface area (Å²) in [5.74, 6) is -0.999. The first-order valence-electron chi connectivity index (χ1n) is 7.06. The number of thiophene rings is 1. The number of benzene rings is 1. The van der Waals surface area contributed by atoms with Crippen LogP contribution in [0.4, 0.5) is 0 Å². The fourth-order valence-corrected chi connectivity index (χ4v) is 3.95. The van der Waals surface area contributed by atoms with Crippen LogP contribution in [0, 0.1) is 5.41 Å². The first kappa shape index (κ1) is 15.0. The van der Waals surface area contributed by atoms with Crippen LogP contribution in [0.15, 0.2) is 30.3 Å². The van der Waals surface area contributed by atoms with E-state index in [1.54, 1.807) is 4.90 Å². The minimum Gasteiger partial charge on any atom is -0.481 e. The minimum absolute atomic E-state index is 0.0968. The molecule has 22 heavy (non-hydrogen) atoms. The molecular formula is C16H17NO4S. The highest BCUT2D eigenvalue weighted by molar-refractivity contribution is 7.20. The molecule has 1 amide bonds. The van der Waals surface area contributed by atoms with E-state index < -0.39 is 11.4 Å². The van der Waals surface area contributed by atoms with Gasteiger partial charge in [0.1, 0.15) is 5.41 Å². The number of rotatable bonds is 4. The van der Waals surface area contributed by atoms with Crippen LogP contribution >= 0.6 is 11.3 Å². The molecule has 1 saturated heterocycles. The Labute approximate surface area is 132 Å². The van der Waals surface area contributed by atoms with E-state index in [0.29, 0.717) is 17.8 Å². The lowest BCUT2D eigenvalue weighted by molar-refractivity contribution is -0.151. The van der Waals surface area contributed by atoms with Crippen molar-refractivity contribution in [2.75, 3.05) is 26.8 Å². The molecule has 1 N–H and O–H groups in total.